The summed E-state index contributed by atoms with van der Waals surface area (Å²) in [7, 11) is 0. The molecule has 0 aliphatic carbocycles. The van der Waals surface area contributed by atoms with E-state index in [0.29, 0.717) is 29.4 Å². The van der Waals surface area contributed by atoms with Gasteiger partial charge in [-0.25, -0.2) is 4.79 Å². The molecule has 10 heteroatoms. The quantitative estimate of drug-likeness (QED) is 0.0980. The smallest absolute Gasteiger partial charge is 0.407 e. The van der Waals surface area contributed by atoms with E-state index in [1.165, 1.54) is 0 Å². The predicted molar refractivity (Wildman–Crippen MR) is 186 cm³/mol. The minimum atomic E-state index is -1.45. The van der Waals surface area contributed by atoms with Crippen LogP contribution in [0.25, 0.3) is 22.1 Å². The van der Waals surface area contributed by atoms with Crippen molar-refractivity contribution in [3.8, 4) is 16.9 Å². The number of hydrogen-bond acceptors (Lipinski definition) is 8. The Kier molecular flexibility index (Phi) is 11.4. The highest BCUT2D eigenvalue weighted by molar-refractivity contribution is 7.91. The molecule has 47 heavy (non-hydrogen) atoms. The fraction of sp³-hybridized carbons (Fsp3) is 0.378. The number of furan rings is 1. The van der Waals surface area contributed by atoms with Crippen molar-refractivity contribution < 1.29 is 32.8 Å². The van der Waals surface area contributed by atoms with Gasteiger partial charge in [-0.3, -0.25) is 4.79 Å². The second-order valence-corrected chi connectivity index (χ2v) is 15.1. The van der Waals surface area contributed by atoms with E-state index in [4.69, 9.17) is 18.6 Å². The zero-order valence-corrected chi connectivity index (χ0v) is 29.2. The number of nitrogens with zero attached hydrogens (tertiary/aromatic N) is 1. The monoisotopic (exact) mass is 660 g/mol. The van der Waals surface area contributed by atoms with E-state index in [9.17, 15) is 14.1 Å². The number of nitrogens with one attached hydrogen (secondary N) is 1. The summed E-state index contributed by atoms with van der Waals surface area (Å²) in [5.74, 6) is 0.793. The molecule has 1 heterocycles. The average Bonchev–Trinajstić information content (AvgIpc) is 3.43. The Morgan fingerprint density at radius 2 is 1.70 bits per heavy atom. The van der Waals surface area contributed by atoms with Crippen molar-refractivity contribution in [3.63, 3.8) is 0 Å². The third kappa shape index (κ3) is 10.1. The van der Waals surface area contributed by atoms with Crippen LogP contribution in [0.5, 0.6) is 5.75 Å². The summed E-state index contributed by atoms with van der Waals surface area (Å²) in [5.41, 5.74) is 4.74. The fourth-order valence-corrected chi connectivity index (χ4v) is 5.27. The summed E-state index contributed by atoms with van der Waals surface area (Å²) in [6.07, 6.45) is -0.385. The number of fused-ring (bicyclic) bond motifs is 1. The summed E-state index contributed by atoms with van der Waals surface area (Å²) in [6, 6.07) is 21.1. The molecule has 1 aromatic heterocycles. The molecule has 9 nitrogen and oxygen atoms in total. The Morgan fingerprint density at radius 1 is 0.957 bits per heavy atom. The molecule has 0 spiro atoms. The van der Waals surface area contributed by atoms with Crippen molar-refractivity contribution >= 4 is 40.1 Å². The minimum absolute atomic E-state index is 0.109. The van der Waals surface area contributed by atoms with Crippen LogP contribution in [0.3, 0.4) is 0 Å². The molecule has 0 aliphatic heterocycles. The van der Waals surface area contributed by atoms with Gasteiger partial charge in [0.25, 0.3) is 0 Å². The number of rotatable bonds is 11. The van der Waals surface area contributed by atoms with Gasteiger partial charge in [0.05, 0.1) is 13.0 Å². The molecule has 0 aliphatic rings. The molecule has 0 saturated heterocycles. The highest BCUT2D eigenvalue weighted by Gasteiger charge is 2.27. The van der Waals surface area contributed by atoms with E-state index in [1.54, 1.807) is 13.8 Å². The highest BCUT2D eigenvalue weighted by Crippen LogP contribution is 2.34. The van der Waals surface area contributed by atoms with Crippen molar-refractivity contribution in [2.75, 3.05) is 6.61 Å². The first-order chi connectivity index (χ1) is 22.1. The van der Waals surface area contributed by atoms with Gasteiger partial charge >= 0.3 is 12.1 Å². The lowest BCUT2D eigenvalue weighted by Crippen LogP contribution is -2.32. The molecule has 0 fully saturated rings. The molecule has 1 amide bonds. The van der Waals surface area contributed by atoms with E-state index in [2.05, 4.69) is 9.71 Å². The van der Waals surface area contributed by atoms with Crippen LogP contribution < -0.4 is 10.1 Å². The number of esters is 1. The van der Waals surface area contributed by atoms with Gasteiger partial charge in [-0.15, -0.1) is 0 Å². The van der Waals surface area contributed by atoms with Gasteiger partial charge in [0.2, 0.25) is 0 Å². The Labute approximate surface area is 280 Å². The Bertz CT molecular complexity index is 1750. The SMILES string of the molecule is CCOC(=O)Cc1ccccc1OCc1cc(-c2cccc(CNC(=O)OC(C)(C)C)c2)c2oc(/C(C)=N\[S@+]([O-])C(C)(C)C)cc2c1. The fourth-order valence-electron chi connectivity index (χ4n) is 4.65. The molecule has 1 atom stereocenters. The second-order valence-electron chi connectivity index (χ2n) is 13.1. The molecular weight excluding hydrogens is 616 g/mol. The number of carbonyl (C=O) groups is 2. The zero-order chi connectivity index (χ0) is 34.4. The molecule has 0 radical (unpaired) electrons. The number of para-hydroxylation sites is 1. The van der Waals surface area contributed by atoms with E-state index >= 15 is 0 Å². The van der Waals surface area contributed by atoms with Crippen LogP contribution in [-0.2, 0) is 45.2 Å². The lowest BCUT2D eigenvalue weighted by molar-refractivity contribution is -0.142. The van der Waals surface area contributed by atoms with E-state index in [0.717, 1.165) is 33.2 Å². The van der Waals surface area contributed by atoms with Crippen LogP contribution in [0.4, 0.5) is 4.79 Å². The van der Waals surface area contributed by atoms with E-state index in [-0.39, 0.29) is 25.5 Å². The van der Waals surface area contributed by atoms with E-state index < -0.39 is 27.8 Å². The third-order valence-electron chi connectivity index (χ3n) is 6.86. The van der Waals surface area contributed by atoms with Crippen LogP contribution in [0.1, 0.15) is 77.8 Å². The number of carbonyl (C=O) groups excluding carboxylic acids is 2. The van der Waals surface area contributed by atoms with Gasteiger partial charge in [-0.05, 0) is 102 Å². The standard InChI is InChI=1S/C37H44N2O7S/c1-9-43-33(40)21-28-14-10-11-16-31(28)44-23-26-18-29-20-32(24(2)39-47(42)37(6,7)8)45-34(29)30(19-26)27-15-12-13-25(17-27)22-38-35(41)46-36(3,4)5/h10-20H,9,21-23H2,1-8H3,(H,38,41)/b39-24-/t47-/m1/s1. The van der Waals surface area contributed by atoms with Gasteiger partial charge in [0, 0.05) is 23.1 Å². The van der Waals surface area contributed by atoms with Crippen molar-refractivity contribution in [2.24, 2.45) is 4.40 Å². The van der Waals surface area contributed by atoms with Crippen molar-refractivity contribution in [3.05, 3.63) is 89.2 Å². The topological polar surface area (TPSA) is 122 Å². The Hall–Kier alpha value is -4.28. The predicted octanol–water partition coefficient (Wildman–Crippen LogP) is 8.08. The molecule has 0 bridgehead atoms. The maximum Gasteiger partial charge on any atom is 0.407 e. The van der Waals surface area contributed by atoms with Crippen molar-refractivity contribution in [1.29, 1.82) is 0 Å². The highest BCUT2D eigenvalue weighted by atomic mass is 32.2. The third-order valence-corrected chi connectivity index (χ3v) is 8.34. The molecule has 250 valence electrons. The van der Waals surface area contributed by atoms with Gasteiger partial charge in [0.15, 0.2) is 5.76 Å². The van der Waals surface area contributed by atoms with Gasteiger partial charge in [-0.2, -0.15) is 0 Å². The summed E-state index contributed by atoms with van der Waals surface area (Å²) in [4.78, 5) is 24.5. The number of hydrogen-bond donors (Lipinski definition) is 1. The lowest BCUT2D eigenvalue weighted by atomic mass is 9.99. The van der Waals surface area contributed by atoms with Crippen molar-refractivity contribution in [2.45, 2.75) is 85.3 Å². The first kappa shape index (κ1) is 35.6. The van der Waals surface area contributed by atoms with Gasteiger partial charge in [0.1, 0.15) is 45.4 Å². The number of amides is 1. The molecule has 0 saturated carbocycles. The average molecular weight is 661 g/mol. The largest absolute Gasteiger partial charge is 0.591 e. The first-order valence-corrected chi connectivity index (χ1v) is 16.7. The second kappa shape index (κ2) is 15.1. The molecule has 3 aromatic carbocycles. The zero-order valence-electron chi connectivity index (χ0n) is 28.4. The minimum Gasteiger partial charge on any atom is -0.591 e. The van der Waals surface area contributed by atoms with Crippen LogP contribution in [-0.4, -0.2) is 39.3 Å². The maximum absolute atomic E-state index is 12.8. The summed E-state index contributed by atoms with van der Waals surface area (Å²) < 4.78 is 39.8. The van der Waals surface area contributed by atoms with Crippen LogP contribution in [0.15, 0.2) is 75.5 Å². The summed E-state index contributed by atoms with van der Waals surface area (Å²) in [5, 5.41) is 3.64. The Morgan fingerprint density at radius 3 is 2.40 bits per heavy atom. The van der Waals surface area contributed by atoms with Gasteiger partial charge in [-0.1, -0.05) is 40.8 Å². The normalized spacial score (nSPS) is 12.9. The first-order valence-electron chi connectivity index (χ1n) is 15.6. The summed E-state index contributed by atoms with van der Waals surface area (Å²) >= 11 is -1.45. The van der Waals surface area contributed by atoms with Gasteiger partial charge < -0.3 is 28.5 Å². The molecule has 1 N–H and O–H groups in total. The molecular formula is C37H44N2O7S. The molecule has 4 rings (SSSR count). The number of alkyl carbamates (subject to hydrolysis) is 1. The van der Waals surface area contributed by atoms with Crippen LogP contribution >= 0.6 is 0 Å². The molecule has 0 unspecified atom stereocenters. The Balaban J connectivity index is 1.70. The number of ether oxygens (including phenoxy) is 3. The van der Waals surface area contributed by atoms with Crippen LogP contribution in [0, 0.1) is 0 Å². The van der Waals surface area contributed by atoms with Crippen LogP contribution in [0.2, 0.25) is 0 Å². The van der Waals surface area contributed by atoms with E-state index in [1.807, 2.05) is 108 Å². The number of benzene rings is 3. The lowest BCUT2D eigenvalue weighted by Gasteiger charge is -2.19. The summed E-state index contributed by atoms with van der Waals surface area (Å²) in [6.45, 7) is 15.5. The van der Waals surface area contributed by atoms with Crippen molar-refractivity contribution in [1.82, 2.24) is 5.32 Å². The maximum atomic E-state index is 12.8. The molecule has 4 aromatic rings.